The number of alkyl halides is 3. The number of rotatable bonds is 1. The molecule has 0 saturated carbocycles. The fourth-order valence-electron chi connectivity index (χ4n) is 0.933. The minimum Gasteiger partial charge on any atom is -0.232 e. The van der Waals surface area contributed by atoms with Gasteiger partial charge in [0, 0.05) is 11.8 Å². The Morgan fingerprint density at radius 2 is 1.53 bits per heavy atom. The van der Waals surface area contributed by atoms with Crippen LogP contribution in [0.1, 0.15) is 5.56 Å². The first kappa shape index (κ1) is 12.7. The number of benzene rings is 1. The van der Waals surface area contributed by atoms with Gasteiger partial charge in [0.1, 0.15) is 5.69 Å². The van der Waals surface area contributed by atoms with Crippen molar-refractivity contribution in [1.82, 2.24) is 0 Å². The summed E-state index contributed by atoms with van der Waals surface area (Å²) in [7, 11) is 0. The predicted molar refractivity (Wildman–Crippen MR) is 54.0 cm³/mol. The van der Waals surface area contributed by atoms with Crippen LogP contribution < -0.4 is 10.4 Å². The van der Waals surface area contributed by atoms with Crippen LogP contribution in [-0.4, -0.2) is 0 Å². The lowest BCUT2D eigenvalue weighted by molar-refractivity contribution is -0.137. The molecule has 84 valence electrons. The average Bonchev–Trinajstić information content (AvgIpc) is 1.99. The Hall–Kier alpha value is -0.360. The lowest BCUT2D eigenvalue weighted by atomic mass is 10.2. The number of hydrogen-bond donors (Lipinski definition) is 1. The minimum absolute atomic E-state index is 0.0759. The van der Waals surface area contributed by atoms with E-state index in [1.54, 1.807) is 0 Å². The highest BCUT2D eigenvalue weighted by Crippen LogP contribution is 2.39. The van der Waals surface area contributed by atoms with Crippen molar-refractivity contribution in [3.8, 4) is 0 Å². The molecule has 0 aliphatic carbocycles. The molecule has 2 N–H and O–H groups in total. The van der Waals surface area contributed by atoms with Gasteiger partial charge in [0.25, 0.3) is 0 Å². The van der Waals surface area contributed by atoms with Gasteiger partial charge >= 0.3 is 6.18 Å². The van der Waals surface area contributed by atoms with E-state index >= 15 is 0 Å². The van der Waals surface area contributed by atoms with Gasteiger partial charge in [0.2, 0.25) is 0 Å². The Morgan fingerprint density at radius 1 is 1.13 bits per heavy atom. The minimum atomic E-state index is -4.52. The normalized spacial score (nSPS) is 11.7. The number of nitrogens with zero attached hydrogens (tertiary/aromatic N) is 1. The summed E-state index contributed by atoms with van der Waals surface area (Å²) in [6, 6.07) is 1.40. The van der Waals surface area contributed by atoms with Gasteiger partial charge in [-0.3, -0.25) is 0 Å². The molecule has 15 heavy (non-hydrogen) atoms. The van der Waals surface area contributed by atoms with E-state index in [-0.39, 0.29) is 15.7 Å². The van der Waals surface area contributed by atoms with E-state index < -0.39 is 11.7 Å². The highest BCUT2D eigenvalue weighted by atomic mass is 35.5. The van der Waals surface area contributed by atoms with Gasteiger partial charge in [-0.1, -0.05) is 23.2 Å². The molecule has 1 aromatic rings. The maximum absolute atomic E-state index is 12.3. The smallest absolute Gasteiger partial charge is 0.232 e. The van der Waals surface area contributed by atoms with E-state index in [1.807, 2.05) is 0 Å². The molecule has 2 nitrogen and oxygen atoms in total. The zero-order chi connectivity index (χ0) is 11.8. The van der Waals surface area contributed by atoms with Crippen molar-refractivity contribution in [2.45, 2.75) is 6.18 Å². The molecule has 0 bridgehead atoms. The van der Waals surface area contributed by atoms with E-state index in [4.69, 9.17) is 40.8 Å². The van der Waals surface area contributed by atoms with Crippen molar-refractivity contribution in [3.05, 3.63) is 27.7 Å². The van der Waals surface area contributed by atoms with Gasteiger partial charge in [-0.25, -0.2) is 10.4 Å². The molecule has 0 aliphatic rings. The van der Waals surface area contributed by atoms with Gasteiger partial charge in [-0.2, -0.15) is 13.2 Å². The SMILES string of the molecule is NN(Cl)c1c(Cl)cc(C(F)(F)F)cc1Cl. The largest absolute Gasteiger partial charge is 0.416 e. The molecule has 0 heterocycles. The summed E-state index contributed by atoms with van der Waals surface area (Å²) in [5, 5.41) is -0.542. The van der Waals surface area contributed by atoms with Crippen molar-refractivity contribution in [2.75, 3.05) is 4.53 Å². The van der Waals surface area contributed by atoms with Crippen LogP contribution >= 0.6 is 35.0 Å². The molecule has 0 unspecified atom stereocenters. The third kappa shape index (κ3) is 2.81. The van der Waals surface area contributed by atoms with E-state index in [9.17, 15) is 13.2 Å². The molecule has 8 heteroatoms. The number of hydrazine groups is 1. The van der Waals surface area contributed by atoms with Crippen molar-refractivity contribution in [2.24, 2.45) is 5.84 Å². The van der Waals surface area contributed by atoms with Crippen molar-refractivity contribution < 1.29 is 13.2 Å². The molecule has 0 aromatic heterocycles. The summed E-state index contributed by atoms with van der Waals surface area (Å²) in [6.07, 6.45) is -4.52. The van der Waals surface area contributed by atoms with E-state index in [2.05, 4.69) is 0 Å². The molecule has 0 atom stereocenters. The highest BCUT2D eigenvalue weighted by molar-refractivity contribution is 6.41. The predicted octanol–water partition coefficient (Wildman–Crippen LogP) is 3.85. The molecule has 1 aromatic carbocycles. The fraction of sp³-hybridized carbons (Fsp3) is 0.143. The molecular formula is C7H4Cl3F3N2. The zero-order valence-electron chi connectivity index (χ0n) is 6.95. The summed E-state index contributed by atoms with van der Waals surface area (Å²) in [6.45, 7) is 0. The van der Waals surface area contributed by atoms with Crippen LogP contribution in [0.15, 0.2) is 12.1 Å². The quantitative estimate of drug-likeness (QED) is 0.481. The Balaban J connectivity index is 3.32. The van der Waals surface area contributed by atoms with Gasteiger partial charge in [-0.15, -0.1) is 0 Å². The monoisotopic (exact) mass is 278 g/mol. The van der Waals surface area contributed by atoms with Gasteiger partial charge < -0.3 is 0 Å². The molecule has 0 spiro atoms. The molecule has 0 radical (unpaired) electrons. The van der Waals surface area contributed by atoms with Crippen molar-refractivity contribution in [3.63, 3.8) is 0 Å². The van der Waals surface area contributed by atoms with Crippen LogP contribution in [0.3, 0.4) is 0 Å². The van der Waals surface area contributed by atoms with Gasteiger partial charge in [-0.05, 0) is 12.1 Å². The lowest BCUT2D eigenvalue weighted by Gasteiger charge is -2.15. The third-order valence-electron chi connectivity index (χ3n) is 1.56. The van der Waals surface area contributed by atoms with Crippen LogP contribution in [0.2, 0.25) is 10.0 Å². The van der Waals surface area contributed by atoms with Crippen LogP contribution in [0, 0.1) is 0 Å². The van der Waals surface area contributed by atoms with Crippen LogP contribution in [0.25, 0.3) is 0 Å². The number of anilines is 1. The Kier molecular flexibility index (Phi) is 3.60. The first-order valence-corrected chi connectivity index (χ1v) is 4.59. The molecule has 0 fully saturated rings. The summed E-state index contributed by atoms with van der Waals surface area (Å²) in [5.41, 5.74) is -1.03. The maximum Gasteiger partial charge on any atom is 0.416 e. The van der Waals surface area contributed by atoms with Crippen LogP contribution in [0.4, 0.5) is 18.9 Å². The highest BCUT2D eigenvalue weighted by Gasteiger charge is 2.32. The second-order valence-corrected chi connectivity index (χ2v) is 3.78. The third-order valence-corrected chi connectivity index (χ3v) is 2.30. The summed E-state index contributed by atoms with van der Waals surface area (Å²) < 4.78 is 37.4. The topological polar surface area (TPSA) is 29.3 Å². The molecule has 0 amide bonds. The van der Waals surface area contributed by atoms with Crippen molar-refractivity contribution >= 4 is 40.7 Å². The molecular weight excluding hydrogens is 275 g/mol. The first-order valence-electron chi connectivity index (χ1n) is 3.50. The van der Waals surface area contributed by atoms with Crippen LogP contribution in [-0.2, 0) is 6.18 Å². The Bertz CT molecular complexity index is 355. The summed E-state index contributed by atoms with van der Waals surface area (Å²) in [5.74, 6) is 5.12. The van der Waals surface area contributed by atoms with Gasteiger partial charge in [0.05, 0.1) is 15.6 Å². The Morgan fingerprint density at radius 3 is 1.80 bits per heavy atom. The molecule has 0 aliphatic heterocycles. The van der Waals surface area contributed by atoms with Crippen LogP contribution in [0.5, 0.6) is 0 Å². The lowest BCUT2D eigenvalue weighted by Crippen LogP contribution is -2.19. The zero-order valence-corrected chi connectivity index (χ0v) is 9.21. The summed E-state index contributed by atoms with van der Waals surface area (Å²) >= 11 is 16.4. The van der Waals surface area contributed by atoms with Gasteiger partial charge in [0.15, 0.2) is 0 Å². The molecule has 1 rings (SSSR count). The van der Waals surface area contributed by atoms with E-state index in [0.29, 0.717) is 16.7 Å². The maximum atomic E-state index is 12.3. The summed E-state index contributed by atoms with van der Waals surface area (Å²) in [4.78, 5) is 0. The second-order valence-electron chi connectivity index (χ2n) is 2.60. The number of halogens is 6. The second kappa shape index (κ2) is 4.25. The number of hydrogen-bond acceptors (Lipinski definition) is 2. The molecule has 0 saturated heterocycles. The first-order chi connectivity index (χ1) is 6.73. The fourth-order valence-corrected chi connectivity index (χ4v) is 1.87. The van der Waals surface area contributed by atoms with E-state index in [0.717, 1.165) is 0 Å². The van der Waals surface area contributed by atoms with E-state index in [1.165, 1.54) is 0 Å². The number of nitrogens with two attached hydrogens (primary N) is 1. The van der Waals surface area contributed by atoms with Crippen molar-refractivity contribution in [1.29, 1.82) is 0 Å². The average molecular weight is 279 g/mol. The Labute approximate surface area is 98.4 Å². The standard InChI is InChI=1S/C7H4Cl3F3N2/c8-4-1-3(7(11,12)13)2-5(9)6(4)15(10)14/h1-2H,14H2.